The maximum absolute atomic E-state index is 13.2. The molecular formula is C31H28BrN3O3. The molecule has 0 saturated carbocycles. The van der Waals surface area contributed by atoms with Gasteiger partial charge >= 0.3 is 5.69 Å². The van der Waals surface area contributed by atoms with Gasteiger partial charge < -0.3 is 14.4 Å². The summed E-state index contributed by atoms with van der Waals surface area (Å²) in [4.78, 5) is 15.5. The van der Waals surface area contributed by atoms with Gasteiger partial charge in [0.25, 0.3) is 0 Å². The minimum atomic E-state index is -0.0755. The summed E-state index contributed by atoms with van der Waals surface area (Å²) in [6.07, 6.45) is 11.4. The van der Waals surface area contributed by atoms with Gasteiger partial charge in [0.2, 0.25) is 0 Å². The van der Waals surface area contributed by atoms with Crippen molar-refractivity contribution in [2.75, 3.05) is 24.6 Å². The zero-order valence-electron chi connectivity index (χ0n) is 20.9. The van der Waals surface area contributed by atoms with E-state index in [4.69, 9.17) is 9.47 Å². The number of benzene rings is 3. The predicted octanol–water partition coefficient (Wildman–Crippen LogP) is 6.31. The van der Waals surface area contributed by atoms with Gasteiger partial charge in [-0.1, -0.05) is 40.2 Å². The van der Waals surface area contributed by atoms with Crippen LogP contribution in [0.15, 0.2) is 118 Å². The number of imidazole rings is 1. The average molecular weight is 570 g/mol. The molecule has 1 aliphatic heterocycles. The minimum Gasteiger partial charge on any atom is -0.492 e. The maximum Gasteiger partial charge on any atom is 0.333 e. The fraction of sp³-hybridized carbons (Fsp3) is 0.194. The third-order valence-electron chi connectivity index (χ3n) is 6.96. The highest BCUT2D eigenvalue weighted by Gasteiger charge is 2.19. The molecule has 38 heavy (non-hydrogen) atoms. The first-order valence-corrected chi connectivity index (χ1v) is 13.6. The van der Waals surface area contributed by atoms with Gasteiger partial charge in [0.15, 0.2) is 0 Å². The zero-order chi connectivity index (χ0) is 25.9. The van der Waals surface area contributed by atoms with Crippen molar-refractivity contribution in [2.45, 2.75) is 18.9 Å². The Balaban J connectivity index is 1.05. The number of hydrogen-bond acceptors (Lipinski definition) is 4. The summed E-state index contributed by atoms with van der Waals surface area (Å²) in [6.45, 7) is 2.45. The molecule has 0 fully saturated rings. The number of rotatable bonds is 8. The third kappa shape index (κ3) is 5.20. The summed E-state index contributed by atoms with van der Waals surface area (Å²) in [7, 11) is 0. The minimum absolute atomic E-state index is 0.0497. The zero-order valence-corrected chi connectivity index (χ0v) is 22.5. The lowest BCUT2D eigenvalue weighted by Crippen LogP contribution is -2.26. The van der Waals surface area contributed by atoms with Crippen molar-refractivity contribution in [3.63, 3.8) is 0 Å². The number of allylic oxidation sites excluding steroid dienone is 3. The Hall–Kier alpha value is -3.97. The average Bonchev–Trinajstić information content (AvgIpc) is 3.53. The van der Waals surface area contributed by atoms with Crippen LogP contribution in [0, 0.1) is 0 Å². The van der Waals surface area contributed by atoms with E-state index >= 15 is 0 Å². The van der Waals surface area contributed by atoms with E-state index in [-0.39, 0.29) is 11.7 Å². The summed E-state index contributed by atoms with van der Waals surface area (Å²) in [5, 5.41) is 0. The van der Waals surface area contributed by atoms with Gasteiger partial charge in [-0.3, -0.25) is 9.13 Å². The molecule has 0 radical (unpaired) electrons. The van der Waals surface area contributed by atoms with E-state index < -0.39 is 0 Å². The SMILES string of the molecule is O=c1n(-c2ccc(OCCN3CCc4cc(Br)ccc43)cc2)ccn1C1C=CC(Oc2ccccc2)=CC1. The lowest BCUT2D eigenvalue weighted by atomic mass is 10.1. The molecule has 7 heteroatoms. The second-order valence-corrected chi connectivity index (χ2v) is 10.3. The van der Waals surface area contributed by atoms with Crippen LogP contribution in [0.3, 0.4) is 0 Å². The smallest absolute Gasteiger partial charge is 0.333 e. The maximum atomic E-state index is 13.2. The van der Waals surface area contributed by atoms with Crippen LogP contribution >= 0.6 is 15.9 Å². The number of nitrogens with zero attached hydrogens (tertiary/aromatic N) is 3. The van der Waals surface area contributed by atoms with E-state index in [0.717, 1.165) is 46.9 Å². The number of ether oxygens (including phenoxy) is 2. The van der Waals surface area contributed by atoms with Gasteiger partial charge in [0.1, 0.15) is 23.9 Å². The fourth-order valence-electron chi connectivity index (χ4n) is 4.98. The molecular weight excluding hydrogens is 542 g/mol. The second kappa shape index (κ2) is 10.8. The molecule has 1 atom stereocenters. The standard InChI is InChI=1S/C31H28BrN3O3/c32-24-6-15-30-23(22-24)16-17-33(30)20-21-37-27-11-7-25(8-12-27)34-18-19-35(31(34)36)26-9-13-29(14-10-26)38-28-4-2-1-3-5-28/h1-9,11-15,18-19,22,26H,10,16-17,20-21H2. The molecule has 4 aromatic rings. The Labute approximate surface area is 230 Å². The molecule has 6 nitrogen and oxygen atoms in total. The summed E-state index contributed by atoms with van der Waals surface area (Å²) >= 11 is 3.55. The molecule has 0 spiro atoms. The van der Waals surface area contributed by atoms with Gasteiger partial charge in [-0.05, 0) is 85.2 Å². The molecule has 1 aromatic heterocycles. The van der Waals surface area contributed by atoms with E-state index in [1.165, 1.54) is 11.3 Å². The number of para-hydroxylation sites is 1. The van der Waals surface area contributed by atoms with Crippen LogP contribution < -0.4 is 20.1 Å². The first kappa shape index (κ1) is 24.4. The molecule has 2 heterocycles. The molecule has 2 aliphatic rings. The van der Waals surface area contributed by atoms with E-state index in [1.807, 2.05) is 85.2 Å². The van der Waals surface area contributed by atoms with Crippen LogP contribution in [-0.2, 0) is 6.42 Å². The van der Waals surface area contributed by atoms with Gasteiger partial charge in [0.05, 0.1) is 18.3 Å². The number of anilines is 1. The number of aromatic nitrogens is 2. The van der Waals surface area contributed by atoms with E-state index in [9.17, 15) is 4.79 Å². The summed E-state index contributed by atoms with van der Waals surface area (Å²) < 4.78 is 16.4. The Bertz CT molecular complexity index is 1540. The Morgan fingerprint density at radius 2 is 1.79 bits per heavy atom. The van der Waals surface area contributed by atoms with Gasteiger partial charge in [-0.15, -0.1) is 0 Å². The Kier molecular flexibility index (Phi) is 6.92. The van der Waals surface area contributed by atoms with Crippen LogP contribution in [0.4, 0.5) is 5.69 Å². The summed E-state index contributed by atoms with van der Waals surface area (Å²) in [5.41, 5.74) is 3.40. The molecule has 1 unspecified atom stereocenters. The van der Waals surface area contributed by atoms with Crippen molar-refractivity contribution in [2.24, 2.45) is 0 Å². The topological polar surface area (TPSA) is 48.6 Å². The second-order valence-electron chi connectivity index (χ2n) is 9.39. The number of halogens is 1. The molecule has 3 aromatic carbocycles. The van der Waals surface area contributed by atoms with Crippen molar-refractivity contribution in [1.82, 2.24) is 9.13 Å². The monoisotopic (exact) mass is 569 g/mol. The van der Waals surface area contributed by atoms with Crippen LogP contribution in [0.2, 0.25) is 0 Å². The van der Waals surface area contributed by atoms with E-state index in [0.29, 0.717) is 13.0 Å². The quantitative estimate of drug-likeness (QED) is 0.249. The van der Waals surface area contributed by atoms with Crippen molar-refractivity contribution in [3.05, 3.63) is 130 Å². The highest BCUT2D eigenvalue weighted by Crippen LogP contribution is 2.30. The van der Waals surface area contributed by atoms with Crippen LogP contribution in [0.5, 0.6) is 11.5 Å². The number of hydrogen-bond donors (Lipinski definition) is 0. The first-order valence-electron chi connectivity index (χ1n) is 12.8. The molecule has 0 bridgehead atoms. The van der Waals surface area contributed by atoms with Crippen molar-refractivity contribution >= 4 is 21.6 Å². The van der Waals surface area contributed by atoms with Crippen molar-refractivity contribution in [1.29, 1.82) is 0 Å². The largest absolute Gasteiger partial charge is 0.492 e. The Morgan fingerprint density at radius 1 is 0.947 bits per heavy atom. The molecule has 6 rings (SSSR count). The lowest BCUT2D eigenvalue weighted by Gasteiger charge is -2.19. The molecule has 0 amide bonds. The highest BCUT2D eigenvalue weighted by atomic mass is 79.9. The molecule has 1 aliphatic carbocycles. The normalized spacial score (nSPS) is 16.3. The Morgan fingerprint density at radius 3 is 2.58 bits per heavy atom. The van der Waals surface area contributed by atoms with Crippen molar-refractivity contribution in [3.8, 4) is 17.2 Å². The van der Waals surface area contributed by atoms with Crippen LogP contribution in [0.25, 0.3) is 5.69 Å². The van der Waals surface area contributed by atoms with Crippen LogP contribution in [0.1, 0.15) is 18.0 Å². The van der Waals surface area contributed by atoms with Gasteiger partial charge in [0, 0.05) is 29.1 Å². The van der Waals surface area contributed by atoms with Crippen LogP contribution in [-0.4, -0.2) is 28.8 Å². The van der Waals surface area contributed by atoms with Gasteiger partial charge in [-0.25, -0.2) is 4.79 Å². The number of fused-ring (bicyclic) bond motifs is 1. The third-order valence-corrected chi connectivity index (χ3v) is 7.45. The molecule has 0 N–H and O–H groups in total. The highest BCUT2D eigenvalue weighted by molar-refractivity contribution is 9.10. The van der Waals surface area contributed by atoms with Gasteiger partial charge in [-0.2, -0.15) is 0 Å². The van der Waals surface area contributed by atoms with E-state index in [2.05, 4.69) is 39.0 Å². The lowest BCUT2D eigenvalue weighted by molar-refractivity contribution is 0.324. The van der Waals surface area contributed by atoms with Crippen molar-refractivity contribution < 1.29 is 9.47 Å². The predicted molar refractivity (Wildman–Crippen MR) is 154 cm³/mol. The first-order chi connectivity index (χ1) is 18.6. The van der Waals surface area contributed by atoms with E-state index in [1.54, 1.807) is 9.13 Å². The molecule has 0 saturated heterocycles. The fourth-order valence-corrected chi connectivity index (χ4v) is 5.39. The summed E-state index contributed by atoms with van der Waals surface area (Å²) in [6, 6.07) is 23.8. The molecule has 192 valence electrons. The summed E-state index contributed by atoms with van der Waals surface area (Å²) in [5.74, 6) is 2.38.